The minimum absolute atomic E-state index is 0.0249. The van der Waals surface area contributed by atoms with E-state index in [4.69, 9.17) is 21.1 Å². The van der Waals surface area contributed by atoms with E-state index < -0.39 is 0 Å². The van der Waals surface area contributed by atoms with Crippen LogP contribution in [-0.4, -0.2) is 52.8 Å². The summed E-state index contributed by atoms with van der Waals surface area (Å²) in [5.41, 5.74) is 5.50. The van der Waals surface area contributed by atoms with Crippen molar-refractivity contribution in [1.29, 1.82) is 0 Å². The Balaban J connectivity index is 1.11. The number of ether oxygens (including phenoxy) is 2. The fraction of sp³-hybridized carbons (Fsp3) is 0.400. The molecular formula is C30H33ClN4O3. The average Bonchev–Trinajstić information content (AvgIpc) is 2.93. The molecule has 0 amide bonds. The summed E-state index contributed by atoms with van der Waals surface area (Å²) >= 11 is 5.88. The largest absolute Gasteiger partial charge is 0.487 e. The number of allylic oxidation sites excluding steroid dienone is 1. The fourth-order valence-corrected chi connectivity index (χ4v) is 5.88. The van der Waals surface area contributed by atoms with Crippen LogP contribution < -0.4 is 15.6 Å². The highest BCUT2D eigenvalue weighted by Gasteiger charge is 2.37. The molecule has 4 heterocycles. The summed E-state index contributed by atoms with van der Waals surface area (Å²) in [7, 11) is 0. The number of halogens is 1. The molecular weight excluding hydrogens is 500 g/mol. The summed E-state index contributed by atoms with van der Waals surface area (Å²) in [6, 6.07) is 13.7. The van der Waals surface area contributed by atoms with Crippen LogP contribution in [0.2, 0.25) is 5.02 Å². The first-order valence-electron chi connectivity index (χ1n) is 13.4. The third-order valence-electron chi connectivity index (χ3n) is 7.72. The number of hydrogen-bond acceptors (Lipinski definition) is 6. The SMILES string of the molecule is O=c1cc(OCc2ccc(Cl)cn2)ccn1C1=Cc2ccc(CN3CCOC4(CCCNC4)C3)cc2CC1. The van der Waals surface area contributed by atoms with Crippen LogP contribution >= 0.6 is 11.6 Å². The molecule has 8 heteroatoms. The number of nitrogens with one attached hydrogen (secondary N) is 1. The summed E-state index contributed by atoms with van der Waals surface area (Å²) in [6.45, 7) is 6.03. The Hall–Kier alpha value is -2.97. The molecule has 7 nitrogen and oxygen atoms in total. The molecule has 3 aliphatic rings. The Bertz CT molecular complexity index is 1370. The molecule has 2 saturated heterocycles. The highest BCUT2D eigenvalue weighted by atomic mass is 35.5. The first-order valence-corrected chi connectivity index (χ1v) is 13.8. The lowest BCUT2D eigenvalue weighted by Crippen LogP contribution is -2.58. The molecule has 2 aliphatic heterocycles. The number of piperidine rings is 1. The van der Waals surface area contributed by atoms with Crippen LogP contribution in [0.1, 0.15) is 41.6 Å². The Kier molecular flexibility index (Phi) is 7.34. The van der Waals surface area contributed by atoms with Gasteiger partial charge in [0.15, 0.2) is 0 Å². The monoisotopic (exact) mass is 532 g/mol. The van der Waals surface area contributed by atoms with Gasteiger partial charge in [0.2, 0.25) is 0 Å². The van der Waals surface area contributed by atoms with Gasteiger partial charge in [-0.05, 0) is 73.2 Å². The fourth-order valence-electron chi connectivity index (χ4n) is 5.77. The molecule has 0 radical (unpaired) electrons. The molecule has 3 aromatic rings. The zero-order chi connectivity index (χ0) is 26.0. The predicted molar refractivity (Wildman–Crippen MR) is 149 cm³/mol. The van der Waals surface area contributed by atoms with Gasteiger partial charge in [-0.2, -0.15) is 0 Å². The second-order valence-electron chi connectivity index (χ2n) is 10.5. The maximum atomic E-state index is 12.9. The van der Waals surface area contributed by atoms with Crippen LogP contribution in [0.15, 0.2) is 59.7 Å². The van der Waals surface area contributed by atoms with Gasteiger partial charge in [-0.1, -0.05) is 29.8 Å². The lowest BCUT2D eigenvalue weighted by molar-refractivity contribution is -0.121. The van der Waals surface area contributed by atoms with Gasteiger partial charge in [0.25, 0.3) is 5.56 Å². The normalized spacial score (nSPS) is 21.7. The lowest BCUT2D eigenvalue weighted by Gasteiger charge is -2.45. The average molecular weight is 533 g/mol. The van der Waals surface area contributed by atoms with Gasteiger partial charge in [0.1, 0.15) is 12.4 Å². The molecule has 0 saturated carbocycles. The second-order valence-corrected chi connectivity index (χ2v) is 11.0. The summed E-state index contributed by atoms with van der Waals surface area (Å²) in [6.07, 6.45) is 9.57. The van der Waals surface area contributed by atoms with Crippen molar-refractivity contribution in [3.05, 3.63) is 92.6 Å². The maximum Gasteiger partial charge on any atom is 0.258 e. The first-order chi connectivity index (χ1) is 18.6. The molecule has 0 bridgehead atoms. The second kappa shape index (κ2) is 11.0. The number of aryl methyl sites for hydroxylation is 1. The van der Waals surface area contributed by atoms with Crippen LogP contribution in [0.3, 0.4) is 0 Å². The quantitative estimate of drug-likeness (QED) is 0.508. The van der Waals surface area contributed by atoms with Gasteiger partial charge in [-0.3, -0.25) is 19.2 Å². The van der Waals surface area contributed by atoms with Gasteiger partial charge in [-0.15, -0.1) is 0 Å². The Labute approximate surface area is 228 Å². The van der Waals surface area contributed by atoms with Crippen LogP contribution in [0.4, 0.5) is 0 Å². The van der Waals surface area contributed by atoms with Crippen molar-refractivity contribution in [2.45, 2.75) is 44.4 Å². The zero-order valence-corrected chi connectivity index (χ0v) is 22.3. The number of benzene rings is 1. The topological polar surface area (TPSA) is 68.6 Å². The van der Waals surface area contributed by atoms with Crippen molar-refractivity contribution in [2.24, 2.45) is 0 Å². The molecule has 38 heavy (non-hydrogen) atoms. The minimum Gasteiger partial charge on any atom is -0.487 e. The maximum absolute atomic E-state index is 12.9. The first kappa shape index (κ1) is 25.3. The number of pyridine rings is 2. The zero-order valence-electron chi connectivity index (χ0n) is 21.5. The van der Waals surface area contributed by atoms with E-state index in [0.29, 0.717) is 10.8 Å². The molecule has 198 valence electrons. The van der Waals surface area contributed by atoms with Gasteiger partial charge >= 0.3 is 0 Å². The Morgan fingerprint density at radius 1 is 1.16 bits per heavy atom. The van der Waals surface area contributed by atoms with Crippen molar-refractivity contribution in [1.82, 2.24) is 19.8 Å². The molecule has 6 rings (SSSR count). The van der Waals surface area contributed by atoms with Crippen LogP contribution in [0.25, 0.3) is 11.8 Å². The van der Waals surface area contributed by atoms with E-state index in [-0.39, 0.29) is 17.8 Å². The van der Waals surface area contributed by atoms with Crippen LogP contribution in [0, 0.1) is 0 Å². The van der Waals surface area contributed by atoms with Gasteiger partial charge in [0, 0.05) is 50.3 Å². The van der Waals surface area contributed by atoms with E-state index >= 15 is 0 Å². The Morgan fingerprint density at radius 2 is 2.11 bits per heavy atom. The molecule has 1 atom stereocenters. The van der Waals surface area contributed by atoms with Crippen molar-refractivity contribution in [3.8, 4) is 5.75 Å². The van der Waals surface area contributed by atoms with Crippen LogP contribution in [-0.2, 0) is 24.3 Å². The van der Waals surface area contributed by atoms with Crippen molar-refractivity contribution < 1.29 is 9.47 Å². The minimum atomic E-state index is -0.101. The Morgan fingerprint density at radius 3 is 2.92 bits per heavy atom. The number of hydrogen-bond donors (Lipinski definition) is 1. The van der Waals surface area contributed by atoms with Gasteiger partial charge < -0.3 is 14.8 Å². The number of fused-ring (bicyclic) bond motifs is 1. The van der Waals surface area contributed by atoms with E-state index in [1.54, 1.807) is 23.0 Å². The highest BCUT2D eigenvalue weighted by molar-refractivity contribution is 6.30. The smallest absolute Gasteiger partial charge is 0.258 e. The van der Waals surface area contributed by atoms with Gasteiger partial charge in [-0.25, -0.2) is 0 Å². The molecule has 2 fully saturated rings. The van der Waals surface area contributed by atoms with Crippen molar-refractivity contribution in [3.63, 3.8) is 0 Å². The standard InChI is InChI=1S/C30H33ClN4O3/c31-25-5-6-26(33-17-25)19-37-28-8-11-35(29(36)16-28)27-7-4-23-14-22(2-3-24(23)15-27)18-34-12-13-38-30(21-34)9-1-10-32-20-30/h2-3,5-6,8,11,14-17,32H,1,4,7,9-10,12-13,18-21H2. The van der Waals surface area contributed by atoms with E-state index in [2.05, 4.69) is 39.5 Å². The number of aromatic nitrogens is 2. The van der Waals surface area contributed by atoms with E-state index in [0.717, 1.165) is 70.0 Å². The van der Waals surface area contributed by atoms with Gasteiger partial charge in [0.05, 0.1) is 22.9 Å². The molecule has 1 spiro atoms. The number of rotatable bonds is 6. The molecule has 1 N–H and O–H groups in total. The van der Waals surface area contributed by atoms with Crippen LogP contribution in [0.5, 0.6) is 5.75 Å². The summed E-state index contributed by atoms with van der Waals surface area (Å²) in [5, 5.41) is 4.09. The number of morpholine rings is 1. The predicted octanol–water partition coefficient (Wildman–Crippen LogP) is 4.37. The van der Waals surface area contributed by atoms with E-state index in [1.807, 2.05) is 12.1 Å². The van der Waals surface area contributed by atoms with Crippen molar-refractivity contribution >= 4 is 23.4 Å². The lowest BCUT2D eigenvalue weighted by atomic mass is 9.91. The summed E-state index contributed by atoms with van der Waals surface area (Å²) in [4.78, 5) is 19.7. The number of nitrogens with zero attached hydrogens (tertiary/aromatic N) is 3. The molecule has 2 aromatic heterocycles. The summed E-state index contributed by atoms with van der Waals surface area (Å²) < 4.78 is 13.7. The highest BCUT2D eigenvalue weighted by Crippen LogP contribution is 2.29. The van der Waals surface area contributed by atoms with E-state index in [1.165, 1.54) is 29.2 Å². The van der Waals surface area contributed by atoms with E-state index in [9.17, 15) is 4.79 Å². The summed E-state index contributed by atoms with van der Waals surface area (Å²) in [5.74, 6) is 0.526. The molecule has 1 aromatic carbocycles. The molecule has 1 aliphatic carbocycles. The molecule has 1 unspecified atom stereocenters. The third-order valence-corrected chi connectivity index (χ3v) is 7.95. The van der Waals surface area contributed by atoms with Crippen molar-refractivity contribution in [2.75, 3.05) is 32.8 Å². The third kappa shape index (κ3) is 5.71.